The highest BCUT2D eigenvalue weighted by atomic mass is 16.3. The molecule has 0 spiro atoms. The molecule has 3 rings (SSSR count). The van der Waals surface area contributed by atoms with Crippen molar-refractivity contribution >= 4 is 22.9 Å². The molecule has 0 saturated heterocycles. The summed E-state index contributed by atoms with van der Waals surface area (Å²) in [5.41, 5.74) is 2.49. The summed E-state index contributed by atoms with van der Waals surface area (Å²) < 4.78 is 5.75. The molecule has 1 atom stereocenters. The number of hydrogen-bond donors (Lipinski definition) is 3. The predicted octanol–water partition coefficient (Wildman–Crippen LogP) is 3.53. The van der Waals surface area contributed by atoms with Gasteiger partial charge in [-0.05, 0) is 38.1 Å². The van der Waals surface area contributed by atoms with Gasteiger partial charge in [0.2, 0.25) is 0 Å². The molecule has 0 aliphatic carbocycles. The van der Waals surface area contributed by atoms with Gasteiger partial charge < -0.3 is 20.4 Å². The summed E-state index contributed by atoms with van der Waals surface area (Å²) in [6.07, 6.45) is 0. The van der Waals surface area contributed by atoms with Crippen molar-refractivity contribution in [2.45, 2.75) is 19.9 Å². The van der Waals surface area contributed by atoms with E-state index < -0.39 is 0 Å². The summed E-state index contributed by atoms with van der Waals surface area (Å²) in [4.78, 5) is 24.0. The number of para-hydroxylation sites is 1. The Morgan fingerprint density at radius 1 is 1.00 bits per heavy atom. The topological polar surface area (TPSA) is 83.4 Å². The Morgan fingerprint density at radius 2 is 1.70 bits per heavy atom. The minimum absolute atomic E-state index is 0.159. The lowest BCUT2D eigenvalue weighted by Crippen LogP contribution is -2.41. The molecule has 0 radical (unpaired) electrons. The van der Waals surface area contributed by atoms with E-state index in [-0.39, 0.29) is 18.0 Å². The standard InChI is InChI=1S/C21H23N3O3/c1-14-7-9-16(10-8-14)20(25)22-11-12-23-21(26)24-15(2)19-13-17-5-3-4-6-18(17)27-19/h3-10,13,15H,11-12H2,1-2H3,(H,22,25)(H2,23,24,26). The summed E-state index contributed by atoms with van der Waals surface area (Å²) >= 11 is 0. The Bertz CT molecular complexity index is 898. The van der Waals surface area contributed by atoms with Crippen LogP contribution in [-0.2, 0) is 0 Å². The van der Waals surface area contributed by atoms with Crippen LogP contribution in [0.5, 0.6) is 0 Å². The third kappa shape index (κ3) is 4.88. The maximum absolute atomic E-state index is 12.0. The van der Waals surface area contributed by atoms with Crippen LogP contribution in [0.2, 0.25) is 0 Å². The van der Waals surface area contributed by atoms with Crippen LogP contribution in [0.15, 0.2) is 59.0 Å². The average molecular weight is 365 g/mol. The van der Waals surface area contributed by atoms with Gasteiger partial charge in [-0.25, -0.2) is 4.79 Å². The van der Waals surface area contributed by atoms with Crippen LogP contribution < -0.4 is 16.0 Å². The Hall–Kier alpha value is -3.28. The van der Waals surface area contributed by atoms with Crippen LogP contribution in [-0.4, -0.2) is 25.0 Å². The van der Waals surface area contributed by atoms with E-state index in [1.54, 1.807) is 12.1 Å². The zero-order valence-electron chi connectivity index (χ0n) is 15.4. The molecule has 1 heterocycles. The molecule has 0 fully saturated rings. The van der Waals surface area contributed by atoms with Crippen molar-refractivity contribution in [2.75, 3.05) is 13.1 Å². The van der Waals surface area contributed by atoms with Crippen molar-refractivity contribution in [3.63, 3.8) is 0 Å². The van der Waals surface area contributed by atoms with Gasteiger partial charge in [-0.1, -0.05) is 35.9 Å². The molecule has 0 aliphatic heterocycles. The SMILES string of the molecule is Cc1ccc(C(=O)NCCNC(=O)NC(C)c2cc3ccccc3o2)cc1. The quantitative estimate of drug-likeness (QED) is 0.584. The van der Waals surface area contributed by atoms with Gasteiger partial charge in [0.1, 0.15) is 11.3 Å². The molecule has 3 aromatic rings. The lowest BCUT2D eigenvalue weighted by atomic mass is 10.1. The largest absolute Gasteiger partial charge is 0.459 e. The van der Waals surface area contributed by atoms with Crippen molar-refractivity contribution in [1.29, 1.82) is 0 Å². The van der Waals surface area contributed by atoms with Crippen LogP contribution in [0, 0.1) is 6.92 Å². The van der Waals surface area contributed by atoms with E-state index in [9.17, 15) is 9.59 Å². The molecule has 6 nitrogen and oxygen atoms in total. The third-order valence-corrected chi connectivity index (χ3v) is 4.23. The van der Waals surface area contributed by atoms with Gasteiger partial charge in [0.25, 0.3) is 5.91 Å². The van der Waals surface area contributed by atoms with Gasteiger partial charge in [0.15, 0.2) is 0 Å². The first-order chi connectivity index (χ1) is 13.0. The molecular weight excluding hydrogens is 342 g/mol. The smallest absolute Gasteiger partial charge is 0.315 e. The number of aryl methyl sites for hydroxylation is 1. The molecule has 1 aromatic heterocycles. The summed E-state index contributed by atoms with van der Waals surface area (Å²) in [6, 6.07) is 16.4. The third-order valence-electron chi connectivity index (χ3n) is 4.23. The number of carbonyl (C=O) groups excluding carboxylic acids is 2. The highest BCUT2D eigenvalue weighted by Crippen LogP contribution is 2.23. The van der Waals surface area contributed by atoms with Gasteiger partial charge in [-0.15, -0.1) is 0 Å². The molecule has 2 aromatic carbocycles. The molecule has 140 valence electrons. The van der Waals surface area contributed by atoms with Crippen molar-refractivity contribution in [2.24, 2.45) is 0 Å². The fourth-order valence-electron chi connectivity index (χ4n) is 2.69. The lowest BCUT2D eigenvalue weighted by Gasteiger charge is -2.13. The van der Waals surface area contributed by atoms with E-state index >= 15 is 0 Å². The number of rotatable bonds is 6. The lowest BCUT2D eigenvalue weighted by molar-refractivity contribution is 0.0954. The van der Waals surface area contributed by atoms with E-state index in [2.05, 4.69) is 16.0 Å². The van der Waals surface area contributed by atoms with Crippen molar-refractivity contribution in [1.82, 2.24) is 16.0 Å². The summed E-state index contributed by atoms with van der Waals surface area (Å²) in [6.45, 7) is 4.50. The van der Waals surface area contributed by atoms with Crippen LogP contribution in [0.25, 0.3) is 11.0 Å². The first-order valence-electron chi connectivity index (χ1n) is 8.90. The Labute approximate surface area is 157 Å². The number of amides is 3. The van der Waals surface area contributed by atoms with Gasteiger partial charge in [0.05, 0.1) is 6.04 Å². The minimum atomic E-state index is -0.312. The first-order valence-corrected chi connectivity index (χ1v) is 8.90. The van der Waals surface area contributed by atoms with Gasteiger partial charge in [-0.2, -0.15) is 0 Å². The fraction of sp³-hybridized carbons (Fsp3) is 0.238. The number of furan rings is 1. The zero-order chi connectivity index (χ0) is 19.2. The molecule has 1 unspecified atom stereocenters. The molecule has 27 heavy (non-hydrogen) atoms. The number of nitrogens with one attached hydrogen (secondary N) is 3. The Balaban J connectivity index is 1.41. The molecule has 0 saturated carbocycles. The van der Waals surface area contributed by atoms with Gasteiger partial charge in [-0.3, -0.25) is 4.79 Å². The number of fused-ring (bicyclic) bond motifs is 1. The van der Waals surface area contributed by atoms with E-state index in [1.807, 2.05) is 56.3 Å². The van der Waals surface area contributed by atoms with Crippen molar-refractivity contribution < 1.29 is 14.0 Å². The molecule has 0 bridgehead atoms. The predicted molar refractivity (Wildman–Crippen MR) is 105 cm³/mol. The summed E-state index contributed by atoms with van der Waals surface area (Å²) in [7, 11) is 0. The van der Waals surface area contributed by atoms with E-state index in [1.165, 1.54) is 0 Å². The number of urea groups is 1. The normalized spacial score (nSPS) is 11.8. The molecule has 3 N–H and O–H groups in total. The molecule has 0 aliphatic rings. The maximum atomic E-state index is 12.0. The van der Waals surface area contributed by atoms with E-state index in [0.29, 0.717) is 24.4 Å². The van der Waals surface area contributed by atoms with Gasteiger partial charge >= 0.3 is 6.03 Å². The number of carbonyl (C=O) groups is 2. The van der Waals surface area contributed by atoms with E-state index in [0.717, 1.165) is 16.5 Å². The van der Waals surface area contributed by atoms with E-state index in [4.69, 9.17) is 4.42 Å². The first kappa shape index (κ1) is 18.5. The average Bonchev–Trinajstić information content (AvgIpc) is 3.10. The fourth-order valence-corrected chi connectivity index (χ4v) is 2.69. The molecule has 3 amide bonds. The molecular formula is C21H23N3O3. The second kappa shape index (κ2) is 8.40. The monoisotopic (exact) mass is 365 g/mol. The Morgan fingerprint density at radius 3 is 2.44 bits per heavy atom. The van der Waals surface area contributed by atoms with Crippen LogP contribution >= 0.6 is 0 Å². The highest BCUT2D eigenvalue weighted by Gasteiger charge is 2.14. The maximum Gasteiger partial charge on any atom is 0.315 e. The van der Waals surface area contributed by atoms with Gasteiger partial charge in [0, 0.05) is 24.0 Å². The molecule has 6 heteroatoms. The minimum Gasteiger partial charge on any atom is -0.459 e. The van der Waals surface area contributed by atoms with Crippen molar-refractivity contribution in [3.05, 3.63) is 71.5 Å². The number of benzene rings is 2. The summed E-state index contributed by atoms with van der Waals surface area (Å²) in [5, 5.41) is 9.33. The second-order valence-corrected chi connectivity index (χ2v) is 6.43. The number of hydrogen-bond acceptors (Lipinski definition) is 3. The van der Waals surface area contributed by atoms with Crippen molar-refractivity contribution in [3.8, 4) is 0 Å². The highest BCUT2D eigenvalue weighted by molar-refractivity contribution is 5.94. The Kier molecular flexibility index (Phi) is 5.76. The second-order valence-electron chi connectivity index (χ2n) is 6.43. The van der Waals surface area contributed by atoms with Crippen LogP contribution in [0.1, 0.15) is 34.6 Å². The van der Waals surface area contributed by atoms with Crippen LogP contribution in [0.3, 0.4) is 0 Å². The zero-order valence-corrected chi connectivity index (χ0v) is 15.4. The summed E-state index contributed by atoms with van der Waals surface area (Å²) in [5.74, 6) is 0.534. The van der Waals surface area contributed by atoms with Crippen LogP contribution in [0.4, 0.5) is 4.79 Å².